The van der Waals surface area contributed by atoms with E-state index in [2.05, 4.69) is 4.98 Å². The number of aromatic nitrogens is 2. The summed E-state index contributed by atoms with van der Waals surface area (Å²) < 4.78 is 15.7. The summed E-state index contributed by atoms with van der Waals surface area (Å²) in [4.78, 5) is 17.3. The smallest absolute Gasteiger partial charge is 0.258 e. The first-order valence-corrected chi connectivity index (χ1v) is 7.62. The lowest BCUT2D eigenvalue weighted by molar-refractivity contribution is 0.632. The molecule has 0 unspecified atom stereocenters. The summed E-state index contributed by atoms with van der Waals surface area (Å²) >= 11 is 1.58. The predicted molar refractivity (Wildman–Crippen MR) is 84.2 cm³/mol. The number of halogens is 1. The van der Waals surface area contributed by atoms with Crippen molar-refractivity contribution in [3.8, 4) is 11.3 Å². The van der Waals surface area contributed by atoms with Crippen LogP contribution in [0.1, 0.15) is 0 Å². The van der Waals surface area contributed by atoms with Crippen molar-refractivity contribution in [3.05, 3.63) is 58.9 Å². The Morgan fingerprint density at radius 2 is 2.05 bits per heavy atom. The maximum absolute atomic E-state index is 14.3. The average Bonchev–Trinajstić information content (AvgIpc) is 2.51. The van der Waals surface area contributed by atoms with Crippen LogP contribution in [0.4, 0.5) is 4.39 Å². The van der Waals surface area contributed by atoms with E-state index < -0.39 is 5.82 Å². The molecular formula is C16H13FN2OS. The molecule has 0 fully saturated rings. The van der Waals surface area contributed by atoms with Crippen molar-refractivity contribution < 1.29 is 4.39 Å². The number of aryl methyl sites for hydroxylation is 1. The van der Waals surface area contributed by atoms with Gasteiger partial charge in [0.2, 0.25) is 0 Å². The largest absolute Gasteiger partial charge is 0.318 e. The van der Waals surface area contributed by atoms with Crippen LogP contribution < -0.4 is 5.56 Å². The summed E-state index contributed by atoms with van der Waals surface area (Å²) in [5.74, 6) is -0.435. The standard InChI is InChI=1S/C16H13FN2OS/c1-19-6-5-10-7-13(14(17)8-12(10)16(19)20)15-4-3-11(21-2)9-18-15/h3-9H,1-2H3. The van der Waals surface area contributed by atoms with Crippen LogP contribution in [0.3, 0.4) is 0 Å². The summed E-state index contributed by atoms with van der Waals surface area (Å²) in [7, 11) is 1.65. The molecular weight excluding hydrogens is 287 g/mol. The van der Waals surface area contributed by atoms with Crippen LogP contribution >= 0.6 is 11.8 Å². The summed E-state index contributed by atoms with van der Waals surface area (Å²) in [5, 5.41) is 1.09. The van der Waals surface area contributed by atoms with E-state index in [0.29, 0.717) is 22.0 Å². The summed E-state index contributed by atoms with van der Waals surface area (Å²) in [6, 6.07) is 8.46. The third kappa shape index (κ3) is 2.45. The van der Waals surface area contributed by atoms with Gasteiger partial charge in [-0.05, 0) is 42.0 Å². The highest BCUT2D eigenvalue weighted by atomic mass is 32.2. The molecule has 0 aliphatic rings. The second kappa shape index (κ2) is 5.33. The molecule has 3 rings (SSSR count). The zero-order valence-corrected chi connectivity index (χ0v) is 12.4. The lowest BCUT2D eigenvalue weighted by atomic mass is 10.1. The molecule has 3 nitrogen and oxygen atoms in total. The van der Waals surface area contributed by atoms with E-state index >= 15 is 0 Å². The lowest BCUT2D eigenvalue weighted by Crippen LogP contribution is -2.15. The number of fused-ring (bicyclic) bond motifs is 1. The maximum atomic E-state index is 14.3. The minimum absolute atomic E-state index is 0.205. The summed E-state index contributed by atoms with van der Waals surface area (Å²) in [6.45, 7) is 0. The zero-order chi connectivity index (χ0) is 15.0. The molecule has 0 aliphatic heterocycles. The SMILES string of the molecule is CSc1ccc(-c2cc3ccn(C)c(=O)c3cc2F)nc1. The molecule has 21 heavy (non-hydrogen) atoms. The van der Waals surface area contributed by atoms with E-state index in [4.69, 9.17) is 0 Å². The highest BCUT2D eigenvalue weighted by Gasteiger charge is 2.10. The van der Waals surface area contributed by atoms with E-state index in [1.54, 1.807) is 49.4 Å². The van der Waals surface area contributed by atoms with E-state index in [-0.39, 0.29) is 5.56 Å². The molecule has 0 amide bonds. The Morgan fingerprint density at radius 1 is 1.24 bits per heavy atom. The molecule has 0 aliphatic carbocycles. The van der Waals surface area contributed by atoms with Crippen LogP contribution in [0.15, 0.2) is 52.4 Å². The topological polar surface area (TPSA) is 34.9 Å². The molecule has 0 saturated heterocycles. The zero-order valence-electron chi connectivity index (χ0n) is 11.6. The molecule has 106 valence electrons. The molecule has 5 heteroatoms. The molecule has 2 heterocycles. The van der Waals surface area contributed by atoms with E-state index in [9.17, 15) is 9.18 Å². The third-order valence-electron chi connectivity index (χ3n) is 3.42. The highest BCUT2D eigenvalue weighted by molar-refractivity contribution is 7.98. The number of benzene rings is 1. The Kier molecular flexibility index (Phi) is 3.51. The fourth-order valence-corrected chi connectivity index (χ4v) is 2.58. The summed E-state index contributed by atoms with van der Waals surface area (Å²) in [5.41, 5.74) is 0.764. The van der Waals surface area contributed by atoms with Crippen molar-refractivity contribution in [3.63, 3.8) is 0 Å². The Labute approximate surface area is 125 Å². The Balaban J connectivity index is 2.21. The van der Waals surface area contributed by atoms with Crippen LogP contribution in [0.2, 0.25) is 0 Å². The predicted octanol–water partition coefficient (Wildman–Crippen LogP) is 3.46. The molecule has 2 aromatic heterocycles. The first kappa shape index (κ1) is 13.8. The van der Waals surface area contributed by atoms with Gasteiger partial charge in [0.05, 0.1) is 11.1 Å². The minimum Gasteiger partial charge on any atom is -0.318 e. The van der Waals surface area contributed by atoms with Gasteiger partial charge in [0.25, 0.3) is 5.56 Å². The number of hydrogen-bond donors (Lipinski definition) is 0. The maximum Gasteiger partial charge on any atom is 0.258 e. The lowest BCUT2D eigenvalue weighted by Gasteiger charge is -2.07. The monoisotopic (exact) mass is 300 g/mol. The van der Waals surface area contributed by atoms with E-state index in [1.807, 2.05) is 12.3 Å². The molecule has 0 saturated carbocycles. The average molecular weight is 300 g/mol. The molecule has 1 aromatic carbocycles. The van der Waals surface area contributed by atoms with Crippen molar-refractivity contribution in [1.29, 1.82) is 0 Å². The van der Waals surface area contributed by atoms with Gasteiger partial charge in [-0.3, -0.25) is 9.78 Å². The molecule has 3 aromatic rings. The van der Waals surface area contributed by atoms with Crippen molar-refractivity contribution in [2.75, 3.05) is 6.26 Å². The normalized spacial score (nSPS) is 11.0. The van der Waals surface area contributed by atoms with Crippen molar-refractivity contribution in [2.24, 2.45) is 7.05 Å². The highest BCUT2D eigenvalue weighted by Crippen LogP contribution is 2.26. The second-order valence-electron chi connectivity index (χ2n) is 4.73. The second-order valence-corrected chi connectivity index (χ2v) is 5.61. The van der Waals surface area contributed by atoms with Crippen molar-refractivity contribution in [1.82, 2.24) is 9.55 Å². The first-order valence-electron chi connectivity index (χ1n) is 6.39. The third-order valence-corrected chi connectivity index (χ3v) is 4.13. The molecule has 0 spiro atoms. The molecule has 0 radical (unpaired) electrons. The van der Waals surface area contributed by atoms with Crippen molar-refractivity contribution in [2.45, 2.75) is 4.90 Å². The van der Waals surface area contributed by atoms with Gasteiger partial charge < -0.3 is 4.57 Å². The summed E-state index contributed by atoms with van der Waals surface area (Å²) in [6.07, 6.45) is 5.35. The Bertz CT molecular complexity index is 872. The number of thioether (sulfide) groups is 1. The van der Waals surface area contributed by atoms with E-state index in [1.165, 1.54) is 10.6 Å². The van der Waals surface area contributed by atoms with E-state index in [0.717, 1.165) is 4.90 Å². The molecule has 0 bridgehead atoms. The first-order chi connectivity index (χ1) is 10.1. The van der Waals surface area contributed by atoms with Gasteiger partial charge in [-0.15, -0.1) is 11.8 Å². The number of pyridine rings is 2. The van der Waals surface area contributed by atoms with Gasteiger partial charge >= 0.3 is 0 Å². The minimum atomic E-state index is -0.435. The van der Waals surface area contributed by atoms with Crippen molar-refractivity contribution >= 4 is 22.5 Å². The van der Waals surface area contributed by atoms with Gasteiger partial charge in [-0.2, -0.15) is 0 Å². The molecule has 0 N–H and O–H groups in total. The number of hydrogen-bond acceptors (Lipinski definition) is 3. The van der Waals surface area contributed by atoms with Gasteiger partial charge in [-0.1, -0.05) is 0 Å². The fraction of sp³-hybridized carbons (Fsp3) is 0.125. The number of nitrogens with zero attached hydrogens (tertiary/aromatic N) is 2. The van der Waals surface area contributed by atoms with Gasteiger partial charge in [0, 0.05) is 29.9 Å². The van der Waals surface area contributed by atoms with Crippen LogP contribution in [-0.2, 0) is 7.05 Å². The number of rotatable bonds is 2. The van der Waals surface area contributed by atoms with Crippen LogP contribution in [0.25, 0.3) is 22.0 Å². The van der Waals surface area contributed by atoms with Crippen LogP contribution in [0, 0.1) is 5.82 Å². The quantitative estimate of drug-likeness (QED) is 0.680. The van der Waals surface area contributed by atoms with Gasteiger partial charge in [0.15, 0.2) is 0 Å². The van der Waals surface area contributed by atoms with Gasteiger partial charge in [-0.25, -0.2) is 4.39 Å². The molecule has 0 atom stereocenters. The Hall–Kier alpha value is -2.14. The fourth-order valence-electron chi connectivity index (χ4n) is 2.22. The van der Waals surface area contributed by atoms with Gasteiger partial charge in [0.1, 0.15) is 5.82 Å². The van der Waals surface area contributed by atoms with Crippen LogP contribution in [0.5, 0.6) is 0 Å². The van der Waals surface area contributed by atoms with Crippen LogP contribution in [-0.4, -0.2) is 15.8 Å². The Morgan fingerprint density at radius 3 is 2.71 bits per heavy atom.